The van der Waals surface area contributed by atoms with E-state index in [1.807, 2.05) is 13.0 Å². The van der Waals surface area contributed by atoms with Crippen LogP contribution in [0.4, 0.5) is 5.69 Å². The van der Waals surface area contributed by atoms with Gasteiger partial charge in [-0.1, -0.05) is 13.0 Å². The molecule has 0 radical (unpaired) electrons. The maximum absolute atomic E-state index is 12.0. The van der Waals surface area contributed by atoms with Gasteiger partial charge in [-0.15, -0.1) is 0 Å². The first-order valence-electron chi connectivity index (χ1n) is 6.09. The molecule has 0 aromatic heterocycles. The molecule has 0 saturated heterocycles. The van der Waals surface area contributed by atoms with Gasteiger partial charge in [0, 0.05) is 6.54 Å². The van der Waals surface area contributed by atoms with Crippen molar-refractivity contribution in [2.75, 3.05) is 11.4 Å². The fourth-order valence-corrected chi connectivity index (χ4v) is 2.34. The number of carbonyl (C=O) groups is 3. The molecule has 1 aliphatic rings. The number of ketones is 1. The fourth-order valence-electron chi connectivity index (χ4n) is 2.34. The predicted octanol–water partition coefficient (Wildman–Crippen LogP) is 0.954. The van der Waals surface area contributed by atoms with Gasteiger partial charge in [-0.3, -0.25) is 14.4 Å². The lowest BCUT2D eigenvalue weighted by atomic mass is 10.0. The number of carbonyl (C=O) groups excluding carboxylic acids is 3. The summed E-state index contributed by atoms with van der Waals surface area (Å²) >= 11 is 0. The maximum Gasteiger partial charge on any atom is 0.299 e. The van der Waals surface area contributed by atoms with Crippen molar-refractivity contribution in [3.05, 3.63) is 28.8 Å². The number of rotatable bonds is 3. The van der Waals surface area contributed by atoms with Crippen LogP contribution >= 0.6 is 0 Å². The second-order valence-electron chi connectivity index (χ2n) is 5.02. The van der Waals surface area contributed by atoms with Crippen molar-refractivity contribution in [3.63, 3.8) is 0 Å². The number of hydrogen-bond acceptors (Lipinski definition) is 3. The van der Waals surface area contributed by atoms with Gasteiger partial charge >= 0.3 is 0 Å². The third-order valence-electron chi connectivity index (χ3n) is 3.36. The number of fused-ring (bicyclic) bond motifs is 1. The summed E-state index contributed by atoms with van der Waals surface area (Å²) in [5.41, 5.74) is 7.98. The van der Waals surface area contributed by atoms with Gasteiger partial charge < -0.3 is 10.6 Å². The standard InChI is InChI=1S/C14H16N2O3/c1-7-4-8(2)11-10(5-7)16(14(19)12(11)17)6-9(3)13(15)18/h4-5,9H,6H2,1-3H3,(H2,15,18). The molecule has 1 aromatic carbocycles. The van der Waals surface area contributed by atoms with E-state index >= 15 is 0 Å². The van der Waals surface area contributed by atoms with Gasteiger partial charge in [0.2, 0.25) is 5.91 Å². The number of aryl methyl sites for hydroxylation is 2. The Bertz CT molecular complexity index is 593. The first-order chi connectivity index (χ1) is 8.82. The topological polar surface area (TPSA) is 80.5 Å². The molecule has 2 rings (SSSR count). The van der Waals surface area contributed by atoms with Gasteiger partial charge in [0.15, 0.2) is 0 Å². The summed E-state index contributed by atoms with van der Waals surface area (Å²) in [4.78, 5) is 36.5. The van der Waals surface area contributed by atoms with Crippen LogP contribution in [-0.2, 0) is 9.59 Å². The van der Waals surface area contributed by atoms with E-state index in [9.17, 15) is 14.4 Å². The third kappa shape index (κ3) is 2.12. The molecule has 2 amide bonds. The monoisotopic (exact) mass is 260 g/mol. The number of Topliss-reactive ketones (excluding diaryl/α,β-unsaturated/α-hetero) is 1. The lowest BCUT2D eigenvalue weighted by Crippen LogP contribution is -2.38. The Hall–Kier alpha value is -2.17. The highest BCUT2D eigenvalue weighted by atomic mass is 16.2. The van der Waals surface area contributed by atoms with Gasteiger partial charge in [0.25, 0.3) is 11.7 Å². The Kier molecular flexibility index (Phi) is 3.14. The molecule has 1 heterocycles. The number of nitrogens with two attached hydrogens (primary N) is 1. The predicted molar refractivity (Wildman–Crippen MR) is 71.0 cm³/mol. The summed E-state index contributed by atoms with van der Waals surface area (Å²) in [7, 11) is 0. The van der Waals surface area contributed by atoms with Gasteiger partial charge in [0.05, 0.1) is 17.2 Å². The van der Waals surface area contributed by atoms with Gasteiger partial charge in [-0.05, 0) is 31.0 Å². The van der Waals surface area contributed by atoms with Gasteiger partial charge in [-0.25, -0.2) is 0 Å². The Balaban J connectivity index is 2.47. The van der Waals surface area contributed by atoms with Crippen LogP contribution in [0, 0.1) is 19.8 Å². The average Bonchev–Trinajstić information content (AvgIpc) is 2.54. The lowest BCUT2D eigenvalue weighted by Gasteiger charge is -2.20. The molecule has 1 aliphatic heterocycles. The summed E-state index contributed by atoms with van der Waals surface area (Å²) in [5.74, 6) is -2.08. The number of benzene rings is 1. The summed E-state index contributed by atoms with van der Waals surface area (Å²) in [6.45, 7) is 5.48. The van der Waals surface area contributed by atoms with Crippen molar-refractivity contribution >= 4 is 23.3 Å². The van der Waals surface area contributed by atoms with E-state index < -0.39 is 23.5 Å². The van der Waals surface area contributed by atoms with E-state index in [2.05, 4.69) is 0 Å². The van der Waals surface area contributed by atoms with Crippen molar-refractivity contribution in [2.24, 2.45) is 11.7 Å². The van der Waals surface area contributed by atoms with Crippen LogP contribution in [0.2, 0.25) is 0 Å². The van der Waals surface area contributed by atoms with Crippen molar-refractivity contribution in [2.45, 2.75) is 20.8 Å². The van der Waals surface area contributed by atoms with E-state index in [0.29, 0.717) is 11.3 Å². The van der Waals surface area contributed by atoms with E-state index in [0.717, 1.165) is 11.1 Å². The van der Waals surface area contributed by atoms with Crippen LogP contribution in [0.5, 0.6) is 0 Å². The number of hydrogen-bond donors (Lipinski definition) is 1. The average molecular weight is 260 g/mol. The molecule has 0 fully saturated rings. The van der Waals surface area contributed by atoms with E-state index in [4.69, 9.17) is 5.73 Å². The highest BCUT2D eigenvalue weighted by Crippen LogP contribution is 2.33. The van der Waals surface area contributed by atoms with Gasteiger partial charge in [-0.2, -0.15) is 0 Å². The summed E-state index contributed by atoms with van der Waals surface area (Å²) < 4.78 is 0. The molecule has 0 aliphatic carbocycles. The minimum Gasteiger partial charge on any atom is -0.369 e. The first kappa shape index (κ1) is 13.3. The molecule has 5 heteroatoms. The van der Waals surface area contributed by atoms with Crippen LogP contribution in [0.15, 0.2) is 12.1 Å². The zero-order valence-electron chi connectivity index (χ0n) is 11.2. The van der Waals surface area contributed by atoms with Crippen molar-refractivity contribution in [1.82, 2.24) is 0 Å². The molecule has 2 N–H and O–H groups in total. The minimum absolute atomic E-state index is 0.135. The van der Waals surface area contributed by atoms with E-state index in [-0.39, 0.29) is 6.54 Å². The van der Waals surface area contributed by atoms with E-state index in [1.165, 1.54) is 4.90 Å². The summed E-state index contributed by atoms with van der Waals surface area (Å²) in [6.07, 6.45) is 0. The molecular formula is C14H16N2O3. The number of nitrogens with zero attached hydrogens (tertiary/aromatic N) is 1. The quantitative estimate of drug-likeness (QED) is 0.822. The zero-order valence-corrected chi connectivity index (χ0v) is 11.2. The van der Waals surface area contributed by atoms with Crippen molar-refractivity contribution < 1.29 is 14.4 Å². The zero-order chi connectivity index (χ0) is 14.3. The van der Waals surface area contributed by atoms with Crippen LogP contribution < -0.4 is 10.6 Å². The Morgan fingerprint density at radius 1 is 1.32 bits per heavy atom. The molecule has 1 atom stereocenters. The molecule has 1 unspecified atom stereocenters. The van der Waals surface area contributed by atoms with Crippen LogP contribution in [0.1, 0.15) is 28.4 Å². The Labute approximate surface area is 111 Å². The van der Waals surface area contributed by atoms with E-state index in [1.54, 1.807) is 19.9 Å². The van der Waals surface area contributed by atoms with Crippen LogP contribution in [0.25, 0.3) is 0 Å². The first-order valence-corrected chi connectivity index (χ1v) is 6.09. The number of amides is 2. The highest BCUT2D eigenvalue weighted by Gasteiger charge is 2.38. The summed E-state index contributed by atoms with van der Waals surface area (Å²) in [5, 5.41) is 0. The fraction of sp³-hybridized carbons (Fsp3) is 0.357. The molecule has 5 nitrogen and oxygen atoms in total. The third-order valence-corrected chi connectivity index (χ3v) is 3.36. The SMILES string of the molecule is Cc1cc(C)c2c(c1)N(CC(C)C(N)=O)C(=O)C2=O. The molecule has 100 valence electrons. The Morgan fingerprint density at radius 3 is 2.53 bits per heavy atom. The molecular weight excluding hydrogens is 244 g/mol. The maximum atomic E-state index is 12.0. The Morgan fingerprint density at radius 2 is 1.95 bits per heavy atom. The van der Waals surface area contributed by atoms with Gasteiger partial charge in [0.1, 0.15) is 0 Å². The second kappa shape index (κ2) is 4.50. The molecule has 0 bridgehead atoms. The molecule has 0 saturated carbocycles. The van der Waals surface area contributed by atoms with Crippen LogP contribution in [0.3, 0.4) is 0 Å². The molecule has 1 aromatic rings. The lowest BCUT2D eigenvalue weighted by molar-refractivity contribution is -0.121. The molecule has 0 spiro atoms. The largest absolute Gasteiger partial charge is 0.369 e. The summed E-state index contributed by atoms with van der Waals surface area (Å²) in [6, 6.07) is 3.66. The number of anilines is 1. The van der Waals surface area contributed by atoms with Crippen molar-refractivity contribution in [1.29, 1.82) is 0 Å². The highest BCUT2D eigenvalue weighted by molar-refractivity contribution is 6.52. The normalized spacial score (nSPS) is 15.6. The molecule has 19 heavy (non-hydrogen) atoms. The second-order valence-corrected chi connectivity index (χ2v) is 5.02. The smallest absolute Gasteiger partial charge is 0.299 e. The number of primary amides is 1. The minimum atomic E-state index is -0.586. The van der Waals surface area contributed by atoms with Crippen molar-refractivity contribution in [3.8, 4) is 0 Å². The van der Waals surface area contributed by atoms with Crippen LogP contribution in [-0.4, -0.2) is 24.1 Å².